The van der Waals surface area contributed by atoms with Crippen LogP contribution < -0.4 is 15.5 Å². The van der Waals surface area contributed by atoms with E-state index in [4.69, 9.17) is 0 Å². The third-order valence-corrected chi connectivity index (χ3v) is 5.16. The van der Waals surface area contributed by atoms with E-state index in [1.807, 2.05) is 23.1 Å². The molecule has 0 aromatic heterocycles. The van der Waals surface area contributed by atoms with E-state index in [0.29, 0.717) is 11.4 Å². The van der Waals surface area contributed by atoms with E-state index in [9.17, 15) is 14.4 Å². The second kappa shape index (κ2) is 8.99. The van der Waals surface area contributed by atoms with E-state index < -0.39 is 0 Å². The number of fused-ring (bicyclic) bond motifs is 1. The number of hydrogen-bond acceptors (Lipinski definition) is 4. The Labute approximate surface area is 160 Å². The predicted molar refractivity (Wildman–Crippen MR) is 105 cm³/mol. The van der Waals surface area contributed by atoms with E-state index in [0.717, 1.165) is 38.9 Å². The molecule has 0 radical (unpaired) electrons. The van der Waals surface area contributed by atoms with Gasteiger partial charge in [-0.15, -0.1) is 0 Å². The van der Waals surface area contributed by atoms with Crippen LogP contribution in [0.1, 0.15) is 39.0 Å². The van der Waals surface area contributed by atoms with Gasteiger partial charge in [0.15, 0.2) is 0 Å². The van der Waals surface area contributed by atoms with Gasteiger partial charge in [-0.2, -0.15) is 0 Å². The molecule has 1 aromatic rings. The van der Waals surface area contributed by atoms with Gasteiger partial charge >= 0.3 is 0 Å². The van der Waals surface area contributed by atoms with Crippen molar-refractivity contribution in [1.29, 1.82) is 0 Å². The van der Waals surface area contributed by atoms with E-state index in [1.165, 1.54) is 4.90 Å². The first-order valence-corrected chi connectivity index (χ1v) is 9.79. The Kier molecular flexibility index (Phi) is 6.45. The lowest BCUT2D eigenvalue weighted by molar-refractivity contribution is -0.135. The molecule has 7 heteroatoms. The number of anilines is 2. The normalized spacial score (nSPS) is 17.2. The van der Waals surface area contributed by atoms with E-state index >= 15 is 0 Å². The smallest absolute Gasteiger partial charge is 0.244 e. The average Bonchev–Trinajstić information content (AvgIpc) is 2.70. The molecule has 2 heterocycles. The Balaban J connectivity index is 1.62. The van der Waals surface area contributed by atoms with Gasteiger partial charge < -0.3 is 20.4 Å². The van der Waals surface area contributed by atoms with Gasteiger partial charge in [-0.05, 0) is 44.5 Å². The fraction of sp³-hybridized carbons (Fsp3) is 0.550. The van der Waals surface area contributed by atoms with Gasteiger partial charge in [0.2, 0.25) is 17.7 Å². The number of piperidine rings is 1. The minimum atomic E-state index is -0.212. The maximum atomic E-state index is 12.8. The molecule has 0 saturated carbocycles. The molecule has 7 nitrogen and oxygen atoms in total. The molecule has 0 unspecified atom stereocenters. The van der Waals surface area contributed by atoms with Crippen LogP contribution in [-0.2, 0) is 14.4 Å². The van der Waals surface area contributed by atoms with Crippen molar-refractivity contribution in [2.45, 2.75) is 45.1 Å². The summed E-state index contributed by atoms with van der Waals surface area (Å²) < 4.78 is 0. The maximum absolute atomic E-state index is 12.8. The monoisotopic (exact) mass is 372 g/mol. The van der Waals surface area contributed by atoms with Gasteiger partial charge in [0.1, 0.15) is 6.54 Å². The first-order chi connectivity index (χ1) is 13.1. The third-order valence-electron chi connectivity index (χ3n) is 5.16. The van der Waals surface area contributed by atoms with Gasteiger partial charge in [0.05, 0.1) is 11.4 Å². The Morgan fingerprint density at radius 3 is 2.67 bits per heavy atom. The van der Waals surface area contributed by atoms with Gasteiger partial charge in [-0.25, -0.2) is 0 Å². The number of carbonyl (C=O) groups is 3. The summed E-state index contributed by atoms with van der Waals surface area (Å²) in [5, 5.41) is 6.09. The summed E-state index contributed by atoms with van der Waals surface area (Å²) in [6.45, 7) is 4.65. The Morgan fingerprint density at radius 2 is 1.93 bits per heavy atom. The molecule has 2 aliphatic rings. The van der Waals surface area contributed by atoms with Gasteiger partial charge in [0.25, 0.3) is 0 Å². The van der Waals surface area contributed by atoms with Crippen LogP contribution in [0.3, 0.4) is 0 Å². The number of amides is 3. The number of nitrogens with zero attached hydrogens (tertiary/aromatic N) is 2. The average molecular weight is 372 g/mol. The minimum Gasteiger partial charge on any atom is -0.340 e. The van der Waals surface area contributed by atoms with Crippen molar-refractivity contribution in [1.82, 2.24) is 10.2 Å². The molecule has 1 saturated heterocycles. The topological polar surface area (TPSA) is 81.8 Å². The number of nitrogens with one attached hydrogen (secondary N) is 2. The summed E-state index contributed by atoms with van der Waals surface area (Å²) in [5.41, 5.74) is 1.33. The number of para-hydroxylation sites is 2. The summed E-state index contributed by atoms with van der Waals surface area (Å²) in [4.78, 5) is 40.8. The predicted octanol–water partition coefficient (Wildman–Crippen LogP) is 1.74. The number of carbonyl (C=O) groups excluding carboxylic acids is 3. The fourth-order valence-corrected chi connectivity index (χ4v) is 3.82. The quantitative estimate of drug-likeness (QED) is 0.797. The second-order valence-corrected chi connectivity index (χ2v) is 7.11. The SMILES string of the molecule is CCCN(C(=O)CCC(=O)N1CC(=O)Nc2ccccc21)C1CCNCC1. The zero-order valence-corrected chi connectivity index (χ0v) is 15.9. The highest BCUT2D eigenvalue weighted by Gasteiger charge is 2.29. The van der Waals surface area contributed by atoms with Crippen LogP contribution in [0.25, 0.3) is 0 Å². The first-order valence-electron chi connectivity index (χ1n) is 9.79. The second-order valence-electron chi connectivity index (χ2n) is 7.11. The van der Waals surface area contributed by atoms with Crippen LogP contribution in [0.4, 0.5) is 11.4 Å². The lowest BCUT2D eigenvalue weighted by Gasteiger charge is -2.35. The zero-order chi connectivity index (χ0) is 19.2. The summed E-state index contributed by atoms with van der Waals surface area (Å²) in [6.07, 6.45) is 3.12. The van der Waals surface area contributed by atoms with Crippen molar-refractivity contribution >= 4 is 29.1 Å². The van der Waals surface area contributed by atoms with Crippen molar-refractivity contribution in [2.24, 2.45) is 0 Å². The lowest BCUT2D eigenvalue weighted by Crippen LogP contribution is -2.47. The molecule has 0 bridgehead atoms. The van der Waals surface area contributed by atoms with Crippen molar-refractivity contribution in [3.8, 4) is 0 Å². The molecule has 0 atom stereocenters. The van der Waals surface area contributed by atoms with Gasteiger partial charge in [-0.1, -0.05) is 19.1 Å². The molecule has 3 amide bonds. The largest absolute Gasteiger partial charge is 0.340 e. The summed E-state index contributed by atoms with van der Waals surface area (Å²) in [6, 6.07) is 7.50. The molecule has 2 aliphatic heterocycles. The first kappa shape index (κ1) is 19.4. The van der Waals surface area contributed by atoms with Crippen LogP contribution in [0.15, 0.2) is 24.3 Å². The van der Waals surface area contributed by atoms with Gasteiger partial charge in [0, 0.05) is 25.4 Å². The summed E-state index contributed by atoms with van der Waals surface area (Å²) in [5.74, 6) is -0.366. The van der Waals surface area contributed by atoms with E-state index in [1.54, 1.807) is 6.07 Å². The van der Waals surface area contributed by atoms with Crippen LogP contribution in [-0.4, -0.2) is 54.8 Å². The molecule has 3 rings (SSSR count). The summed E-state index contributed by atoms with van der Waals surface area (Å²) in [7, 11) is 0. The fourth-order valence-electron chi connectivity index (χ4n) is 3.82. The van der Waals surface area contributed by atoms with Crippen molar-refractivity contribution in [3.05, 3.63) is 24.3 Å². The lowest BCUT2D eigenvalue weighted by atomic mass is 10.0. The standard InChI is InChI=1S/C20H28N4O3/c1-2-13-23(15-9-11-21-12-10-15)19(26)7-8-20(27)24-14-18(25)22-16-5-3-4-6-17(16)24/h3-6,15,21H,2,7-14H2,1H3,(H,22,25). The van der Waals surface area contributed by atoms with Gasteiger partial charge in [-0.3, -0.25) is 14.4 Å². The Morgan fingerprint density at radius 1 is 1.19 bits per heavy atom. The Hall–Kier alpha value is -2.41. The summed E-state index contributed by atoms with van der Waals surface area (Å²) >= 11 is 0. The maximum Gasteiger partial charge on any atom is 0.244 e. The molecule has 27 heavy (non-hydrogen) atoms. The number of hydrogen-bond donors (Lipinski definition) is 2. The van der Waals surface area contributed by atoms with Crippen LogP contribution in [0.5, 0.6) is 0 Å². The highest BCUT2D eigenvalue weighted by Crippen LogP contribution is 2.29. The molecule has 0 aliphatic carbocycles. The van der Waals surface area contributed by atoms with Crippen LogP contribution in [0, 0.1) is 0 Å². The Bertz CT molecular complexity index is 700. The molecular formula is C20H28N4O3. The van der Waals surface area contributed by atoms with Crippen molar-refractivity contribution in [3.63, 3.8) is 0 Å². The third kappa shape index (κ3) is 4.66. The minimum absolute atomic E-state index is 0.00297. The van der Waals surface area contributed by atoms with E-state index in [2.05, 4.69) is 17.6 Å². The van der Waals surface area contributed by atoms with Crippen LogP contribution >= 0.6 is 0 Å². The van der Waals surface area contributed by atoms with E-state index in [-0.39, 0.29) is 43.1 Å². The molecule has 1 aromatic carbocycles. The molecule has 2 N–H and O–H groups in total. The molecule has 146 valence electrons. The number of benzene rings is 1. The molecule has 0 spiro atoms. The van der Waals surface area contributed by atoms with Crippen molar-refractivity contribution < 1.29 is 14.4 Å². The highest BCUT2D eigenvalue weighted by atomic mass is 16.2. The number of rotatable bonds is 6. The zero-order valence-electron chi connectivity index (χ0n) is 15.9. The van der Waals surface area contributed by atoms with Crippen molar-refractivity contribution in [2.75, 3.05) is 36.4 Å². The van der Waals surface area contributed by atoms with Crippen LogP contribution in [0.2, 0.25) is 0 Å². The molecule has 1 fully saturated rings. The molecular weight excluding hydrogens is 344 g/mol. The highest BCUT2D eigenvalue weighted by molar-refractivity contribution is 6.10.